The minimum Gasteiger partial charge on any atom is -0.374 e. The fourth-order valence-corrected chi connectivity index (χ4v) is 1.49. The van der Waals surface area contributed by atoms with E-state index in [9.17, 15) is 0 Å². The van der Waals surface area contributed by atoms with E-state index in [0.29, 0.717) is 0 Å². The molecule has 0 N–H and O–H groups in total. The number of rotatable bonds is 2. The Kier molecular flexibility index (Phi) is 2.53. The standard InChI is InChI=1S/C10H15N/c1-4-9-7-6-8-11(3)10(9)5-2/h4-5H,1-2,6-8H2,3H3. The van der Waals surface area contributed by atoms with Gasteiger partial charge in [-0.25, -0.2) is 0 Å². The molecule has 0 atom stereocenters. The van der Waals surface area contributed by atoms with E-state index in [1.165, 1.54) is 17.7 Å². The first-order valence-electron chi connectivity index (χ1n) is 3.98. The molecule has 0 aromatic heterocycles. The van der Waals surface area contributed by atoms with Crippen LogP contribution in [-0.4, -0.2) is 18.5 Å². The smallest absolute Gasteiger partial charge is 0.0390 e. The van der Waals surface area contributed by atoms with E-state index in [-0.39, 0.29) is 0 Å². The fraction of sp³-hybridized carbons (Fsp3) is 0.400. The zero-order chi connectivity index (χ0) is 8.27. The highest BCUT2D eigenvalue weighted by Gasteiger charge is 2.11. The van der Waals surface area contributed by atoms with Crippen LogP contribution in [0.1, 0.15) is 12.8 Å². The van der Waals surface area contributed by atoms with E-state index >= 15 is 0 Å². The molecule has 0 spiro atoms. The molecule has 1 aliphatic rings. The molecular formula is C10H15N. The van der Waals surface area contributed by atoms with Crippen molar-refractivity contribution in [3.63, 3.8) is 0 Å². The van der Waals surface area contributed by atoms with Gasteiger partial charge in [0.05, 0.1) is 0 Å². The minimum atomic E-state index is 1.14. The van der Waals surface area contributed by atoms with Gasteiger partial charge in [0.15, 0.2) is 0 Å². The topological polar surface area (TPSA) is 3.24 Å². The first-order valence-corrected chi connectivity index (χ1v) is 3.98. The van der Waals surface area contributed by atoms with Crippen molar-refractivity contribution < 1.29 is 0 Å². The van der Waals surface area contributed by atoms with Gasteiger partial charge in [-0.3, -0.25) is 0 Å². The second kappa shape index (κ2) is 3.42. The lowest BCUT2D eigenvalue weighted by Gasteiger charge is -2.27. The number of likely N-dealkylation sites (N-methyl/N-ethyl adjacent to an activating group) is 1. The van der Waals surface area contributed by atoms with Crippen LogP contribution in [0.25, 0.3) is 0 Å². The second-order valence-electron chi connectivity index (χ2n) is 2.84. The third kappa shape index (κ3) is 1.53. The normalized spacial score (nSPS) is 18.5. The summed E-state index contributed by atoms with van der Waals surface area (Å²) in [6.07, 6.45) is 6.23. The Labute approximate surface area is 68.7 Å². The van der Waals surface area contributed by atoms with Crippen LogP contribution in [0, 0.1) is 0 Å². The molecule has 1 rings (SSSR count). The summed E-state index contributed by atoms with van der Waals surface area (Å²) in [7, 11) is 2.10. The molecule has 0 fully saturated rings. The number of nitrogens with zero attached hydrogens (tertiary/aromatic N) is 1. The summed E-state index contributed by atoms with van der Waals surface area (Å²) in [5, 5.41) is 0. The highest BCUT2D eigenvalue weighted by atomic mass is 15.1. The largest absolute Gasteiger partial charge is 0.374 e. The molecule has 0 amide bonds. The summed E-state index contributed by atoms with van der Waals surface area (Å²) < 4.78 is 0. The summed E-state index contributed by atoms with van der Waals surface area (Å²) in [5.74, 6) is 0. The quantitative estimate of drug-likeness (QED) is 0.582. The summed E-state index contributed by atoms with van der Waals surface area (Å²) in [4.78, 5) is 2.23. The summed E-state index contributed by atoms with van der Waals surface area (Å²) in [6.45, 7) is 8.71. The lowest BCUT2D eigenvalue weighted by Crippen LogP contribution is -2.23. The van der Waals surface area contributed by atoms with Crippen molar-refractivity contribution in [3.05, 3.63) is 36.6 Å². The van der Waals surface area contributed by atoms with Crippen molar-refractivity contribution in [2.24, 2.45) is 0 Å². The van der Waals surface area contributed by atoms with E-state index < -0.39 is 0 Å². The lowest BCUT2D eigenvalue weighted by molar-refractivity contribution is 0.394. The SMILES string of the molecule is C=CC1=C(C=C)N(C)CCC1. The Morgan fingerprint density at radius 3 is 2.55 bits per heavy atom. The van der Waals surface area contributed by atoms with Crippen molar-refractivity contribution in [2.45, 2.75) is 12.8 Å². The molecule has 11 heavy (non-hydrogen) atoms. The van der Waals surface area contributed by atoms with Crippen LogP contribution in [0.2, 0.25) is 0 Å². The molecule has 60 valence electrons. The van der Waals surface area contributed by atoms with Gasteiger partial charge in [0, 0.05) is 19.3 Å². The fourth-order valence-electron chi connectivity index (χ4n) is 1.49. The molecule has 0 bridgehead atoms. The van der Waals surface area contributed by atoms with Crippen LogP contribution in [0.4, 0.5) is 0 Å². The number of hydrogen-bond acceptors (Lipinski definition) is 1. The van der Waals surface area contributed by atoms with Gasteiger partial charge in [0.1, 0.15) is 0 Å². The zero-order valence-electron chi connectivity index (χ0n) is 7.14. The molecule has 0 saturated carbocycles. The van der Waals surface area contributed by atoms with Crippen LogP contribution in [0.15, 0.2) is 36.6 Å². The highest BCUT2D eigenvalue weighted by Crippen LogP contribution is 2.21. The Balaban J connectivity index is 2.94. The maximum Gasteiger partial charge on any atom is 0.0390 e. The van der Waals surface area contributed by atoms with E-state index in [0.717, 1.165) is 13.0 Å². The molecule has 1 aliphatic heterocycles. The molecule has 0 aromatic carbocycles. The van der Waals surface area contributed by atoms with E-state index in [4.69, 9.17) is 0 Å². The minimum absolute atomic E-state index is 1.14. The van der Waals surface area contributed by atoms with Crippen molar-refractivity contribution in [1.82, 2.24) is 4.90 Å². The van der Waals surface area contributed by atoms with Crippen LogP contribution >= 0.6 is 0 Å². The number of hydrogen-bond donors (Lipinski definition) is 0. The maximum atomic E-state index is 3.79. The lowest BCUT2D eigenvalue weighted by atomic mass is 10.0. The van der Waals surface area contributed by atoms with Crippen LogP contribution in [0.5, 0.6) is 0 Å². The Hall–Kier alpha value is -0.980. The molecule has 1 nitrogen and oxygen atoms in total. The van der Waals surface area contributed by atoms with Crippen LogP contribution in [0.3, 0.4) is 0 Å². The van der Waals surface area contributed by atoms with Gasteiger partial charge in [-0.15, -0.1) is 0 Å². The molecule has 0 unspecified atom stereocenters. The van der Waals surface area contributed by atoms with E-state index in [1.54, 1.807) is 0 Å². The average molecular weight is 149 g/mol. The zero-order valence-corrected chi connectivity index (χ0v) is 7.14. The Bertz CT molecular complexity index is 201. The van der Waals surface area contributed by atoms with Gasteiger partial charge < -0.3 is 4.90 Å². The summed E-state index contributed by atoms with van der Waals surface area (Å²) >= 11 is 0. The average Bonchev–Trinajstić information content (AvgIpc) is 2.04. The first kappa shape index (κ1) is 8.12. The predicted octanol–water partition coefficient (Wildman–Crippen LogP) is 2.34. The van der Waals surface area contributed by atoms with Crippen molar-refractivity contribution in [3.8, 4) is 0 Å². The van der Waals surface area contributed by atoms with Gasteiger partial charge in [-0.2, -0.15) is 0 Å². The number of allylic oxidation sites excluding steroid dienone is 3. The third-order valence-electron chi connectivity index (χ3n) is 2.12. The highest BCUT2D eigenvalue weighted by molar-refractivity contribution is 5.31. The molecular weight excluding hydrogens is 134 g/mol. The van der Waals surface area contributed by atoms with Gasteiger partial charge in [0.2, 0.25) is 0 Å². The Morgan fingerprint density at radius 2 is 2.09 bits per heavy atom. The molecule has 0 saturated heterocycles. The second-order valence-corrected chi connectivity index (χ2v) is 2.84. The molecule has 1 heteroatoms. The molecule has 1 heterocycles. The van der Waals surface area contributed by atoms with Crippen molar-refractivity contribution in [2.75, 3.05) is 13.6 Å². The summed E-state index contributed by atoms with van der Waals surface area (Å²) in [5.41, 5.74) is 2.57. The van der Waals surface area contributed by atoms with Crippen LogP contribution < -0.4 is 0 Å². The maximum absolute atomic E-state index is 3.79. The third-order valence-corrected chi connectivity index (χ3v) is 2.12. The van der Waals surface area contributed by atoms with E-state index in [2.05, 4.69) is 25.1 Å². The van der Waals surface area contributed by atoms with Gasteiger partial charge in [0.25, 0.3) is 0 Å². The predicted molar refractivity (Wildman–Crippen MR) is 49.3 cm³/mol. The van der Waals surface area contributed by atoms with Gasteiger partial charge in [-0.05, 0) is 24.5 Å². The van der Waals surface area contributed by atoms with Crippen molar-refractivity contribution in [1.29, 1.82) is 0 Å². The summed E-state index contributed by atoms with van der Waals surface area (Å²) in [6, 6.07) is 0. The van der Waals surface area contributed by atoms with Gasteiger partial charge >= 0.3 is 0 Å². The van der Waals surface area contributed by atoms with Gasteiger partial charge in [-0.1, -0.05) is 19.2 Å². The Morgan fingerprint density at radius 1 is 1.36 bits per heavy atom. The van der Waals surface area contributed by atoms with Crippen LogP contribution in [-0.2, 0) is 0 Å². The molecule has 0 radical (unpaired) electrons. The van der Waals surface area contributed by atoms with E-state index in [1.807, 2.05) is 12.2 Å². The monoisotopic (exact) mass is 149 g/mol. The first-order chi connectivity index (χ1) is 5.29. The molecule has 0 aromatic rings. The van der Waals surface area contributed by atoms with Crippen molar-refractivity contribution >= 4 is 0 Å². The molecule has 0 aliphatic carbocycles.